The van der Waals surface area contributed by atoms with E-state index >= 15 is 0 Å². The second-order valence-electron chi connectivity index (χ2n) is 4.68. The highest BCUT2D eigenvalue weighted by Gasteiger charge is 2.30. The first-order valence-electron chi connectivity index (χ1n) is 6.05. The van der Waals surface area contributed by atoms with Crippen LogP contribution in [0.4, 0.5) is 5.82 Å². The average molecular weight is 246 g/mol. The van der Waals surface area contributed by atoms with Crippen molar-refractivity contribution in [3.63, 3.8) is 0 Å². The van der Waals surface area contributed by atoms with E-state index in [0.717, 1.165) is 29.6 Å². The van der Waals surface area contributed by atoms with Crippen molar-refractivity contribution in [2.24, 2.45) is 5.92 Å². The first kappa shape index (κ1) is 11.1. The number of nitrogens with one attached hydrogen (secondary N) is 1. The molecule has 0 saturated heterocycles. The molecule has 1 saturated carbocycles. The van der Waals surface area contributed by atoms with E-state index in [1.807, 2.05) is 12.1 Å². The number of anilines is 1. The molecule has 1 aliphatic carbocycles. The third-order valence-electron chi connectivity index (χ3n) is 3.50. The highest BCUT2D eigenvalue weighted by Crippen LogP contribution is 2.30. The van der Waals surface area contributed by atoms with Gasteiger partial charge in [-0.2, -0.15) is 0 Å². The summed E-state index contributed by atoms with van der Waals surface area (Å²) in [6.07, 6.45) is 5.58. The molecular weight excluding hydrogens is 232 g/mol. The average Bonchev–Trinajstić information content (AvgIpc) is 2.97. The quantitative estimate of drug-likeness (QED) is 0.870. The summed E-state index contributed by atoms with van der Waals surface area (Å²) in [5.41, 5.74) is 0.792. The van der Waals surface area contributed by atoms with Gasteiger partial charge in [0.1, 0.15) is 11.4 Å². The molecule has 0 aromatic carbocycles. The highest BCUT2D eigenvalue weighted by molar-refractivity contribution is 5.88. The molecule has 0 unspecified atom stereocenters. The Kier molecular flexibility index (Phi) is 2.66. The number of nitrogens with zero attached hydrogens (tertiary/aromatic N) is 1. The fraction of sp³-hybridized carbons (Fsp3) is 0.385. The van der Waals surface area contributed by atoms with Crippen LogP contribution in [-0.4, -0.2) is 22.1 Å². The molecule has 1 fully saturated rings. The van der Waals surface area contributed by atoms with E-state index in [0.29, 0.717) is 6.42 Å². The van der Waals surface area contributed by atoms with Gasteiger partial charge in [0.05, 0.1) is 17.6 Å². The van der Waals surface area contributed by atoms with Crippen LogP contribution in [0, 0.1) is 5.92 Å². The van der Waals surface area contributed by atoms with Crippen molar-refractivity contribution in [1.82, 2.24) is 4.98 Å². The molecule has 1 aliphatic rings. The van der Waals surface area contributed by atoms with Gasteiger partial charge in [0, 0.05) is 12.2 Å². The fourth-order valence-corrected chi connectivity index (χ4v) is 2.54. The van der Waals surface area contributed by atoms with E-state index in [1.165, 1.54) is 0 Å². The van der Waals surface area contributed by atoms with Crippen molar-refractivity contribution >= 4 is 22.8 Å². The molecule has 94 valence electrons. The number of fused-ring (bicyclic) bond motifs is 1. The van der Waals surface area contributed by atoms with Crippen LogP contribution >= 0.6 is 0 Å². The first-order valence-corrected chi connectivity index (χ1v) is 6.05. The minimum Gasteiger partial charge on any atom is -0.481 e. The number of furan rings is 1. The van der Waals surface area contributed by atoms with E-state index in [9.17, 15) is 4.79 Å². The number of aromatic nitrogens is 1. The molecule has 3 rings (SSSR count). The molecule has 0 amide bonds. The van der Waals surface area contributed by atoms with Crippen LogP contribution in [0.15, 0.2) is 29.0 Å². The predicted octanol–water partition coefficient (Wildman–Crippen LogP) is 2.49. The number of carboxylic acids is 1. The molecule has 5 nitrogen and oxygen atoms in total. The topological polar surface area (TPSA) is 75.4 Å². The Labute approximate surface area is 104 Å². The van der Waals surface area contributed by atoms with Gasteiger partial charge in [-0.3, -0.25) is 4.79 Å². The zero-order valence-corrected chi connectivity index (χ0v) is 9.80. The highest BCUT2D eigenvalue weighted by atomic mass is 16.4. The lowest BCUT2D eigenvalue weighted by Crippen LogP contribution is -2.18. The number of carbonyl (C=O) groups is 1. The van der Waals surface area contributed by atoms with Crippen molar-refractivity contribution in [2.75, 3.05) is 5.32 Å². The molecule has 0 radical (unpaired) electrons. The van der Waals surface area contributed by atoms with Gasteiger partial charge in [0.2, 0.25) is 0 Å². The summed E-state index contributed by atoms with van der Waals surface area (Å²) >= 11 is 0. The minimum absolute atomic E-state index is 0.180. The Morgan fingerprint density at radius 2 is 2.33 bits per heavy atom. The van der Waals surface area contributed by atoms with Gasteiger partial charge >= 0.3 is 5.97 Å². The van der Waals surface area contributed by atoms with Crippen molar-refractivity contribution in [3.05, 3.63) is 24.6 Å². The standard InChI is InChI=1S/C13H14N2O3/c16-13(17)8-1-2-9(7-8)15-12-10-4-6-18-11(10)3-5-14-12/h3-6,8-9H,1-2,7H2,(H,14,15)(H,16,17)/t8-,9+/m1/s1. The number of aliphatic carboxylic acids is 1. The van der Waals surface area contributed by atoms with Gasteiger partial charge in [0.15, 0.2) is 0 Å². The van der Waals surface area contributed by atoms with Crippen LogP contribution in [0.2, 0.25) is 0 Å². The molecule has 2 aromatic rings. The Bertz CT molecular complexity index is 578. The van der Waals surface area contributed by atoms with Gasteiger partial charge in [-0.25, -0.2) is 4.98 Å². The summed E-state index contributed by atoms with van der Waals surface area (Å²) in [5, 5.41) is 13.2. The van der Waals surface area contributed by atoms with Crippen molar-refractivity contribution in [3.8, 4) is 0 Å². The molecule has 2 atom stereocenters. The van der Waals surface area contributed by atoms with Crippen LogP contribution in [-0.2, 0) is 4.79 Å². The van der Waals surface area contributed by atoms with Gasteiger partial charge in [-0.15, -0.1) is 0 Å². The summed E-state index contributed by atoms with van der Waals surface area (Å²) in [6, 6.07) is 3.86. The fourth-order valence-electron chi connectivity index (χ4n) is 2.54. The summed E-state index contributed by atoms with van der Waals surface area (Å²) in [6.45, 7) is 0. The molecule has 0 aliphatic heterocycles. The van der Waals surface area contributed by atoms with Crippen LogP contribution in [0.5, 0.6) is 0 Å². The van der Waals surface area contributed by atoms with E-state index in [4.69, 9.17) is 9.52 Å². The summed E-state index contributed by atoms with van der Waals surface area (Å²) < 4.78 is 5.31. The second kappa shape index (κ2) is 4.33. The largest absolute Gasteiger partial charge is 0.481 e. The first-order chi connectivity index (χ1) is 8.74. The molecular formula is C13H14N2O3. The number of hydrogen-bond acceptors (Lipinski definition) is 4. The van der Waals surface area contributed by atoms with Gasteiger partial charge in [0.25, 0.3) is 0 Å². The van der Waals surface area contributed by atoms with E-state index < -0.39 is 5.97 Å². The van der Waals surface area contributed by atoms with E-state index in [2.05, 4.69) is 10.3 Å². The number of rotatable bonds is 3. The van der Waals surface area contributed by atoms with Gasteiger partial charge < -0.3 is 14.8 Å². The molecule has 18 heavy (non-hydrogen) atoms. The van der Waals surface area contributed by atoms with Crippen molar-refractivity contribution in [1.29, 1.82) is 0 Å². The molecule has 0 spiro atoms. The Balaban J connectivity index is 1.77. The van der Waals surface area contributed by atoms with Crippen LogP contribution in [0.1, 0.15) is 19.3 Å². The smallest absolute Gasteiger partial charge is 0.306 e. The Morgan fingerprint density at radius 1 is 1.44 bits per heavy atom. The van der Waals surface area contributed by atoms with Gasteiger partial charge in [-0.05, 0) is 31.4 Å². The summed E-state index contributed by atoms with van der Waals surface area (Å²) in [7, 11) is 0. The lowest BCUT2D eigenvalue weighted by molar-refractivity contribution is -0.141. The third-order valence-corrected chi connectivity index (χ3v) is 3.50. The van der Waals surface area contributed by atoms with Crippen molar-refractivity contribution in [2.45, 2.75) is 25.3 Å². The lowest BCUT2D eigenvalue weighted by atomic mass is 10.1. The molecule has 5 heteroatoms. The molecule has 2 N–H and O–H groups in total. The molecule has 2 aromatic heterocycles. The second-order valence-corrected chi connectivity index (χ2v) is 4.68. The molecule has 2 heterocycles. The number of pyridine rings is 1. The third kappa shape index (κ3) is 1.92. The number of hydrogen-bond donors (Lipinski definition) is 2. The van der Waals surface area contributed by atoms with Crippen LogP contribution < -0.4 is 5.32 Å². The minimum atomic E-state index is -0.700. The molecule has 0 bridgehead atoms. The van der Waals surface area contributed by atoms with E-state index in [-0.39, 0.29) is 12.0 Å². The predicted molar refractivity (Wildman–Crippen MR) is 66.4 cm³/mol. The maximum atomic E-state index is 10.9. The maximum absolute atomic E-state index is 10.9. The maximum Gasteiger partial charge on any atom is 0.306 e. The van der Waals surface area contributed by atoms with Crippen molar-refractivity contribution < 1.29 is 14.3 Å². The number of carboxylic acid groups (broad SMARTS) is 1. The normalized spacial score (nSPS) is 23.3. The monoisotopic (exact) mass is 246 g/mol. The Morgan fingerprint density at radius 3 is 3.11 bits per heavy atom. The zero-order chi connectivity index (χ0) is 12.5. The lowest BCUT2D eigenvalue weighted by Gasteiger charge is -2.13. The van der Waals surface area contributed by atoms with Gasteiger partial charge in [-0.1, -0.05) is 0 Å². The zero-order valence-electron chi connectivity index (χ0n) is 9.80. The summed E-state index contributed by atoms with van der Waals surface area (Å²) in [4.78, 5) is 15.2. The van der Waals surface area contributed by atoms with E-state index in [1.54, 1.807) is 12.5 Å². The Hall–Kier alpha value is -2.04. The SMILES string of the molecule is O=C(O)[C@@H]1CC[C@H](Nc2nccc3occc23)C1. The van der Waals surface area contributed by atoms with Crippen LogP contribution in [0.3, 0.4) is 0 Å². The van der Waals surface area contributed by atoms with Crippen LogP contribution in [0.25, 0.3) is 11.0 Å². The summed E-state index contributed by atoms with van der Waals surface area (Å²) in [5.74, 6) is -0.155.